The maximum Gasteiger partial charge on any atom is 0.124 e. The third-order valence-electron chi connectivity index (χ3n) is 3.23. The normalized spacial score (nSPS) is 18.9. The highest BCUT2D eigenvalue weighted by atomic mass is 16.4. The number of phenolic OH excluding ortho intramolecular Hbond substituents is 1. The molecular formula is C12H15NO2. The Bertz CT molecular complexity index is 420. The Morgan fingerprint density at radius 2 is 2.07 bits per heavy atom. The second-order valence-corrected chi connectivity index (χ2v) is 4.48. The van der Waals surface area contributed by atoms with Gasteiger partial charge in [-0.25, -0.2) is 0 Å². The SMILES string of the molecule is C/C(=N/O)c1cc(C2(C)CC2)ccc1O. The molecule has 2 rings (SSSR count). The Morgan fingerprint density at radius 1 is 1.40 bits per heavy atom. The number of oxime groups is 1. The van der Waals surface area contributed by atoms with Gasteiger partial charge in [0.25, 0.3) is 0 Å². The zero-order valence-corrected chi connectivity index (χ0v) is 8.99. The topological polar surface area (TPSA) is 52.8 Å². The van der Waals surface area contributed by atoms with Gasteiger partial charge in [-0.05, 0) is 42.9 Å². The van der Waals surface area contributed by atoms with Gasteiger partial charge < -0.3 is 10.3 Å². The van der Waals surface area contributed by atoms with E-state index in [1.807, 2.05) is 12.1 Å². The first-order valence-electron chi connectivity index (χ1n) is 5.09. The molecule has 2 N–H and O–H groups in total. The number of hydrogen-bond acceptors (Lipinski definition) is 3. The molecular weight excluding hydrogens is 190 g/mol. The highest BCUT2D eigenvalue weighted by Gasteiger charge is 2.39. The molecule has 3 heteroatoms. The molecule has 3 nitrogen and oxygen atoms in total. The zero-order valence-electron chi connectivity index (χ0n) is 8.99. The molecule has 15 heavy (non-hydrogen) atoms. The van der Waals surface area contributed by atoms with Gasteiger partial charge in [0.05, 0.1) is 5.71 Å². The lowest BCUT2D eigenvalue weighted by Crippen LogP contribution is -2.03. The van der Waals surface area contributed by atoms with E-state index >= 15 is 0 Å². The number of benzene rings is 1. The Kier molecular flexibility index (Phi) is 2.18. The second-order valence-electron chi connectivity index (χ2n) is 4.48. The summed E-state index contributed by atoms with van der Waals surface area (Å²) in [5.74, 6) is 0.165. The van der Waals surface area contributed by atoms with E-state index in [0.29, 0.717) is 11.3 Å². The lowest BCUT2D eigenvalue weighted by molar-refractivity contribution is 0.318. The summed E-state index contributed by atoms with van der Waals surface area (Å²) in [5, 5.41) is 21.4. The number of phenols is 1. The fourth-order valence-electron chi connectivity index (χ4n) is 1.73. The Morgan fingerprint density at radius 3 is 2.60 bits per heavy atom. The van der Waals surface area contributed by atoms with Crippen LogP contribution in [0.1, 0.15) is 37.8 Å². The van der Waals surface area contributed by atoms with Crippen LogP contribution in [0, 0.1) is 0 Å². The standard InChI is InChI=1S/C12H15NO2/c1-8(13-15)10-7-9(3-4-11(10)14)12(2)5-6-12/h3-4,7,14-15H,5-6H2,1-2H3/b13-8-. The van der Waals surface area contributed by atoms with Gasteiger partial charge in [-0.2, -0.15) is 0 Å². The van der Waals surface area contributed by atoms with Gasteiger partial charge in [-0.15, -0.1) is 0 Å². The van der Waals surface area contributed by atoms with Crippen LogP contribution in [0.5, 0.6) is 5.75 Å². The van der Waals surface area contributed by atoms with E-state index in [9.17, 15) is 5.11 Å². The van der Waals surface area contributed by atoms with Crippen LogP contribution in [0.15, 0.2) is 23.4 Å². The van der Waals surface area contributed by atoms with Crippen molar-refractivity contribution in [1.82, 2.24) is 0 Å². The summed E-state index contributed by atoms with van der Waals surface area (Å²) in [5.41, 5.74) is 2.53. The summed E-state index contributed by atoms with van der Waals surface area (Å²) < 4.78 is 0. The lowest BCUT2D eigenvalue weighted by atomic mass is 9.95. The molecule has 0 atom stereocenters. The quantitative estimate of drug-likeness (QED) is 0.443. The fraction of sp³-hybridized carbons (Fsp3) is 0.417. The minimum Gasteiger partial charge on any atom is -0.507 e. The second kappa shape index (κ2) is 3.26. The van der Waals surface area contributed by atoms with Gasteiger partial charge in [0, 0.05) is 5.56 Å². The maximum atomic E-state index is 9.63. The highest BCUT2D eigenvalue weighted by molar-refractivity contribution is 6.00. The molecule has 1 aromatic carbocycles. The monoisotopic (exact) mass is 205 g/mol. The summed E-state index contributed by atoms with van der Waals surface area (Å²) in [4.78, 5) is 0. The van der Waals surface area contributed by atoms with E-state index in [-0.39, 0.29) is 11.2 Å². The van der Waals surface area contributed by atoms with Crippen molar-refractivity contribution in [2.75, 3.05) is 0 Å². The molecule has 1 saturated carbocycles. The van der Waals surface area contributed by atoms with Gasteiger partial charge in [0.15, 0.2) is 0 Å². The van der Waals surface area contributed by atoms with Crippen molar-refractivity contribution >= 4 is 5.71 Å². The summed E-state index contributed by atoms with van der Waals surface area (Å²) in [6.45, 7) is 3.88. The Labute approximate surface area is 89.1 Å². The number of rotatable bonds is 2. The van der Waals surface area contributed by atoms with Crippen LogP contribution in [-0.4, -0.2) is 16.0 Å². The summed E-state index contributed by atoms with van der Waals surface area (Å²) >= 11 is 0. The minimum absolute atomic E-state index is 0.165. The molecule has 1 fully saturated rings. The summed E-state index contributed by atoms with van der Waals surface area (Å²) in [6, 6.07) is 5.52. The maximum absolute atomic E-state index is 9.63. The first-order valence-corrected chi connectivity index (χ1v) is 5.09. The first-order chi connectivity index (χ1) is 7.07. The largest absolute Gasteiger partial charge is 0.507 e. The molecule has 0 radical (unpaired) electrons. The zero-order chi connectivity index (χ0) is 11.1. The van der Waals surface area contributed by atoms with Crippen molar-refractivity contribution < 1.29 is 10.3 Å². The minimum atomic E-state index is 0.165. The Balaban J connectivity index is 2.46. The lowest BCUT2D eigenvalue weighted by Gasteiger charge is -2.11. The molecule has 0 spiro atoms. The summed E-state index contributed by atoms with van der Waals surface area (Å²) in [7, 11) is 0. The van der Waals surface area contributed by atoms with E-state index in [1.54, 1.807) is 13.0 Å². The fourth-order valence-corrected chi connectivity index (χ4v) is 1.73. The average Bonchev–Trinajstić information content (AvgIpc) is 2.97. The van der Waals surface area contributed by atoms with Crippen LogP contribution in [0.4, 0.5) is 0 Å². The van der Waals surface area contributed by atoms with E-state index in [2.05, 4.69) is 12.1 Å². The van der Waals surface area contributed by atoms with Gasteiger partial charge in [-0.3, -0.25) is 0 Å². The third kappa shape index (κ3) is 1.69. The third-order valence-corrected chi connectivity index (χ3v) is 3.23. The number of nitrogens with zero attached hydrogens (tertiary/aromatic N) is 1. The molecule has 0 aliphatic heterocycles. The van der Waals surface area contributed by atoms with Crippen molar-refractivity contribution in [1.29, 1.82) is 0 Å². The first kappa shape index (κ1) is 10.0. The molecule has 0 saturated heterocycles. The molecule has 0 unspecified atom stereocenters. The van der Waals surface area contributed by atoms with Gasteiger partial charge in [-0.1, -0.05) is 18.1 Å². The highest BCUT2D eigenvalue weighted by Crippen LogP contribution is 2.48. The van der Waals surface area contributed by atoms with Crippen LogP contribution >= 0.6 is 0 Å². The predicted octanol–water partition coefficient (Wildman–Crippen LogP) is 2.64. The molecule has 0 aromatic heterocycles. The van der Waals surface area contributed by atoms with Crippen molar-refractivity contribution in [3.63, 3.8) is 0 Å². The predicted molar refractivity (Wildman–Crippen MR) is 58.7 cm³/mol. The molecule has 1 aliphatic rings. The van der Waals surface area contributed by atoms with Crippen LogP contribution in [-0.2, 0) is 5.41 Å². The average molecular weight is 205 g/mol. The van der Waals surface area contributed by atoms with Gasteiger partial charge >= 0.3 is 0 Å². The van der Waals surface area contributed by atoms with Crippen molar-refractivity contribution in [2.24, 2.45) is 5.16 Å². The van der Waals surface area contributed by atoms with Gasteiger partial charge in [0.2, 0.25) is 0 Å². The molecule has 0 amide bonds. The van der Waals surface area contributed by atoms with E-state index in [0.717, 1.165) is 0 Å². The van der Waals surface area contributed by atoms with Crippen molar-refractivity contribution in [3.05, 3.63) is 29.3 Å². The van der Waals surface area contributed by atoms with Crippen LogP contribution < -0.4 is 0 Å². The smallest absolute Gasteiger partial charge is 0.124 e. The van der Waals surface area contributed by atoms with Crippen molar-refractivity contribution in [2.45, 2.75) is 32.1 Å². The molecule has 80 valence electrons. The van der Waals surface area contributed by atoms with E-state index in [1.165, 1.54) is 18.4 Å². The molecule has 1 aliphatic carbocycles. The molecule has 1 aromatic rings. The van der Waals surface area contributed by atoms with Gasteiger partial charge in [0.1, 0.15) is 5.75 Å². The Hall–Kier alpha value is -1.51. The van der Waals surface area contributed by atoms with Crippen molar-refractivity contribution in [3.8, 4) is 5.75 Å². The van der Waals surface area contributed by atoms with Crippen LogP contribution in [0.3, 0.4) is 0 Å². The number of hydrogen-bond donors (Lipinski definition) is 2. The van der Waals surface area contributed by atoms with Crippen LogP contribution in [0.25, 0.3) is 0 Å². The summed E-state index contributed by atoms with van der Waals surface area (Å²) in [6.07, 6.45) is 2.37. The molecule has 0 bridgehead atoms. The van der Waals surface area contributed by atoms with Crippen LogP contribution in [0.2, 0.25) is 0 Å². The number of aromatic hydroxyl groups is 1. The van der Waals surface area contributed by atoms with E-state index in [4.69, 9.17) is 5.21 Å². The van der Waals surface area contributed by atoms with E-state index < -0.39 is 0 Å². The molecule has 0 heterocycles.